The van der Waals surface area contributed by atoms with Gasteiger partial charge in [-0.1, -0.05) is 6.07 Å². The Labute approximate surface area is 113 Å². The Bertz CT molecular complexity index is 568. The topological polar surface area (TPSA) is 48.1 Å². The molecule has 2 atom stereocenters. The molecule has 1 heterocycles. The monoisotopic (exact) mass is 254 g/mol. The summed E-state index contributed by atoms with van der Waals surface area (Å²) in [7, 11) is 1.69. The van der Waals surface area contributed by atoms with Gasteiger partial charge in [-0.15, -0.1) is 0 Å². The lowest BCUT2D eigenvalue weighted by atomic mass is 9.77. The van der Waals surface area contributed by atoms with Crippen LogP contribution in [0.3, 0.4) is 0 Å². The molecule has 3 nitrogen and oxygen atoms in total. The Hall–Kier alpha value is -1.87. The molecule has 1 aromatic carbocycles. The number of benzene rings is 1. The van der Waals surface area contributed by atoms with Gasteiger partial charge in [0.1, 0.15) is 5.75 Å². The first-order chi connectivity index (χ1) is 9.29. The van der Waals surface area contributed by atoms with Gasteiger partial charge in [0.15, 0.2) is 0 Å². The molecule has 0 fully saturated rings. The molecule has 0 bridgehead atoms. The predicted octanol–water partition coefficient (Wildman–Crippen LogP) is 2.82. The summed E-state index contributed by atoms with van der Waals surface area (Å²) in [5.74, 6) is 1.24. The van der Waals surface area contributed by atoms with E-state index in [1.807, 2.05) is 18.5 Å². The van der Waals surface area contributed by atoms with Crippen molar-refractivity contribution in [2.75, 3.05) is 7.11 Å². The summed E-state index contributed by atoms with van der Waals surface area (Å²) in [5.41, 5.74) is 10.3. The molecule has 2 N–H and O–H groups in total. The number of nitrogens with zero attached hydrogens (tertiary/aromatic N) is 1. The van der Waals surface area contributed by atoms with E-state index in [1.54, 1.807) is 7.11 Å². The maximum atomic E-state index is 6.47. The van der Waals surface area contributed by atoms with Crippen LogP contribution in [0.2, 0.25) is 0 Å². The summed E-state index contributed by atoms with van der Waals surface area (Å²) in [4.78, 5) is 4.08. The molecular formula is C16H18N2O. The molecule has 3 heteroatoms. The van der Waals surface area contributed by atoms with Crippen molar-refractivity contribution < 1.29 is 4.74 Å². The quantitative estimate of drug-likeness (QED) is 0.896. The Balaban J connectivity index is 1.97. The number of hydrogen-bond donors (Lipinski definition) is 1. The van der Waals surface area contributed by atoms with Crippen molar-refractivity contribution in [1.82, 2.24) is 4.98 Å². The van der Waals surface area contributed by atoms with Crippen LogP contribution in [-0.4, -0.2) is 12.1 Å². The third-order valence-corrected chi connectivity index (χ3v) is 4.00. The Morgan fingerprint density at radius 1 is 1.21 bits per heavy atom. The normalized spacial score (nSPS) is 21.8. The zero-order valence-corrected chi connectivity index (χ0v) is 11.0. The highest BCUT2D eigenvalue weighted by Crippen LogP contribution is 2.40. The van der Waals surface area contributed by atoms with Gasteiger partial charge in [-0.2, -0.15) is 0 Å². The number of methoxy groups -OCH3 is 1. The fourth-order valence-corrected chi connectivity index (χ4v) is 2.93. The number of aromatic nitrogens is 1. The second kappa shape index (κ2) is 5.02. The molecule has 2 aromatic rings. The van der Waals surface area contributed by atoms with E-state index in [-0.39, 0.29) is 6.04 Å². The second-order valence-electron chi connectivity index (χ2n) is 5.02. The van der Waals surface area contributed by atoms with Crippen LogP contribution in [0.5, 0.6) is 5.75 Å². The molecule has 1 aromatic heterocycles. The highest BCUT2D eigenvalue weighted by atomic mass is 16.5. The molecule has 0 amide bonds. The minimum absolute atomic E-state index is 0.0289. The minimum atomic E-state index is 0.0289. The van der Waals surface area contributed by atoms with Gasteiger partial charge >= 0.3 is 0 Å². The van der Waals surface area contributed by atoms with E-state index >= 15 is 0 Å². The van der Waals surface area contributed by atoms with Crippen molar-refractivity contribution in [3.63, 3.8) is 0 Å². The number of hydrogen-bond acceptors (Lipinski definition) is 3. The average molecular weight is 254 g/mol. The van der Waals surface area contributed by atoms with Crippen molar-refractivity contribution in [2.24, 2.45) is 5.73 Å². The van der Waals surface area contributed by atoms with Crippen molar-refractivity contribution in [2.45, 2.75) is 24.8 Å². The number of nitrogens with two attached hydrogens (primary N) is 1. The number of ether oxygens (including phenoxy) is 1. The van der Waals surface area contributed by atoms with Crippen molar-refractivity contribution in [1.29, 1.82) is 0 Å². The van der Waals surface area contributed by atoms with E-state index < -0.39 is 0 Å². The predicted molar refractivity (Wildman–Crippen MR) is 75.2 cm³/mol. The van der Waals surface area contributed by atoms with Crippen LogP contribution in [0.15, 0.2) is 42.7 Å². The number of pyridine rings is 1. The van der Waals surface area contributed by atoms with Gasteiger partial charge in [-0.25, -0.2) is 0 Å². The molecule has 0 aliphatic heterocycles. The van der Waals surface area contributed by atoms with Crippen molar-refractivity contribution >= 4 is 0 Å². The Kier molecular flexibility index (Phi) is 3.22. The van der Waals surface area contributed by atoms with Crippen LogP contribution in [0.1, 0.15) is 35.1 Å². The Morgan fingerprint density at radius 3 is 2.74 bits per heavy atom. The third-order valence-electron chi connectivity index (χ3n) is 4.00. The number of rotatable bonds is 2. The lowest BCUT2D eigenvalue weighted by molar-refractivity contribution is 0.410. The zero-order chi connectivity index (χ0) is 13.2. The SMILES string of the molecule is COc1ccc2c(c1)C(N)C(c1ccncc1)CC2. The summed E-state index contributed by atoms with van der Waals surface area (Å²) < 4.78 is 5.30. The van der Waals surface area contributed by atoms with E-state index in [0.717, 1.165) is 18.6 Å². The van der Waals surface area contributed by atoms with E-state index in [2.05, 4.69) is 29.2 Å². The fourth-order valence-electron chi connectivity index (χ4n) is 2.93. The van der Waals surface area contributed by atoms with Crippen LogP contribution < -0.4 is 10.5 Å². The van der Waals surface area contributed by atoms with Gasteiger partial charge in [0.2, 0.25) is 0 Å². The van der Waals surface area contributed by atoms with Crippen molar-refractivity contribution in [3.8, 4) is 5.75 Å². The van der Waals surface area contributed by atoms with Crippen LogP contribution in [0.4, 0.5) is 0 Å². The molecule has 0 radical (unpaired) electrons. The average Bonchev–Trinajstić information content (AvgIpc) is 2.48. The molecule has 98 valence electrons. The molecule has 1 aliphatic carbocycles. The van der Waals surface area contributed by atoms with Crippen LogP contribution in [0.25, 0.3) is 0 Å². The summed E-state index contributed by atoms with van der Waals surface area (Å²) in [6.07, 6.45) is 5.83. The largest absolute Gasteiger partial charge is 0.497 e. The van der Waals surface area contributed by atoms with Gasteiger partial charge in [0, 0.05) is 24.4 Å². The lowest BCUT2D eigenvalue weighted by Crippen LogP contribution is -2.25. The number of fused-ring (bicyclic) bond motifs is 1. The van der Waals surface area contributed by atoms with E-state index in [0.29, 0.717) is 5.92 Å². The van der Waals surface area contributed by atoms with Crippen LogP contribution >= 0.6 is 0 Å². The lowest BCUT2D eigenvalue weighted by Gasteiger charge is -2.31. The molecule has 1 aliphatic rings. The fraction of sp³-hybridized carbons (Fsp3) is 0.312. The van der Waals surface area contributed by atoms with E-state index in [9.17, 15) is 0 Å². The first kappa shape index (κ1) is 12.2. The molecule has 0 spiro atoms. The second-order valence-corrected chi connectivity index (χ2v) is 5.02. The highest BCUT2D eigenvalue weighted by molar-refractivity contribution is 5.41. The van der Waals surface area contributed by atoms with E-state index in [4.69, 9.17) is 10.5 Å². The first-order valence-electron chi connectivity index (χ1n) is 6.62. The first-order valence-corrected chi connectivity index (χ1v) is 6.62. The molecule has 3 rings (SSSR count). The van der Waals surface area contributed by atoms with Gasteiger partial charge in [0.25, 0.3) is 0 Å². The summed E-state index contributed by atoms with van der Waals surface area (Å²) in [6, 6.07) is 10.4. The molecule has 19 heavy (non-hydrogen) atoms. The highest BCUT2D eigenvalue weighted by Gasteiger charge is 2.28. The summed E-state index contributed by atoms with van der Waals surface area (Å²) in [5, 5.41) is 0. The number of aryl methyl sites for hydroxylation is 1. The van der Waals surface area contributed by atoms with E-state index in [1.165, 1.54) is 16.7 Å². The summed E-state index contributed by atoms with van der Waals surface area (Å²) >= 11 is 0. The summed E-state index contributed by atoms with van der Waals surface area (Å²) in [6.45, 7) is 0. The van der Waals surface area contributed by atoms with Gasteiger partial charge < -0.3 is 10.5 Å². The molecular weight excluding hydrogens is 236 g/mol. The smallest absolute Gasteiger partial charge is 0.119 e. The Morgan fingerprint density at radius 2 is 2.00 bits per heavy atom. The molecule has 2 unspecified atom stereocenters. The maximum Gasteiger partial charge on any atom is 0.119 e. The van der Waals surface area contributed by atoms with Gasteiger partial charge in [-0.05, 0) is 53.8 Å². The third kappa shape index (κ3) is 2.22. The van der Waals surface area contributed by atoms with Gasteiger partial charge in [-0.3, -0.25) is 4.98 Å². The standard InChI is InChI=1S/C16H18N2O/c1-19-13-4-2-11-3-5-14(16(17)15(11)10-13)12-6-8-18-9-7-12/h2,4,6-10,14,16H,3,5,17H2,1H3. The van der Waals surface area contributed by atoms with Crippen molar-refractivity contribution in [3.05, 3.63) is 59.4 Å². The van der Waals surface area contributed by atoms with Gasteiger partial charge in [0.05, 0.1) is 7.11 Å². The molecule has 0 saturated carbocycles. The van der Waals surface area contributed by atoms with Crippen LogP contribution in [0, 0.1) is 0 Å². The molecule has 0 saturated heterocycles. The van der Waals surface area contributed by atoms with Crippen LogP contribution in [-0.2, 0) is 6.42 Å². The maximum absolute atomic E-state index is 6.47. The zero-order valence-electron chi connectivity index (χ0n) is 11.0. The minimum Gasteiger partial charge on any atom is -0.497 e.